The largest absolute Gasteiger partial charge is 0.507 e. The fourth-order valence-corrected chi connectivity index (χ4v) is 3.50. The molecule has 26 heavy (non-hydrogen) atoms. The van der Waals surface area contributed by atoms with Crippen LogP contribution in [0.5, 0.6) is 0 Å². The third kappa shape index (κ3) is 3.84. The first-order chi connectivity index (χ1) is 12.1. The van der Waals surface area contributed by atoms with Gasteiger partial charge in [-0.3, -0.25) is 9.59 Å². The maximum Gasteiger partial charge on any atom is 0.176 e. The first kappa shape index (κ1) is 20.2. The molecule has 0 saturated carbocycles. The third-order valence-corrected chi connectivity index (χ3v) is 5.18. The average molecular weight is 358 g/mol. The number of hydrogen-bond acceptors (Lipinski definition) is 4. The van der Waals surface area contributed by atoms with Gasteiger partial charge in [-0.1, -0.05) is 23.3 Å². The molecule has 1 heterocycles. The van der Waals surface area contributed by atoms with E-state index in [1.807, 2.05) is 13.8 Å². The Morgan fingerprint density at radius 1 is 1.27 bits per heavy atom. The molecule has 4 nitrogen and oxygen atoms in total. The van der Waals surface area contributed by atoms with Crippen molar-refractivity contribution in [1.29, 1.82) is 0 Å². The zero-order valence-electron chi connectivity index (χ0n) is 16.7. The van der Waals surface area contributed by atoms with Gasteiger partial charge < -0.3 is 9.84 Å². The Balaban J connectivity index is 2.35. The highest BCUT2D eigenvalue weighted by Gasteiger charge is 2.49. The molecule has 4 heteroatoms. The van der Waals surface area contributed by atoms with Gasteiger partial charge in [0.2, 0.25) is 0 Å². The minimum absolute atomic E-state index is 0.154. The van der Waals surface area contributed by atoms with Gasteiger partial charge in [0, 0.05) is 12.0 Å². The van der Waals surface area contributed by atoms with Crippen molar-refractivity contribution in [2.75, 3.05) is 0 Å². The van der Waals surface area contributed by atoms with Gasteiger partial charge >= 0.3 is 0 Å². The second-order valence-electron chi connectivity index (χ2n) is 7.97. The second kappa shape index (κ2) is 7.65. The van der Waals surface area contributed by atoms with E-state index in [2.05, 4.69) is 32.9 Å². The number of aliphatic hydroxyl groups is 1. The summed E-state index contributed by atoms with van der Waals surface area (Å²) in [5.41, 5.74) is 1.98. The number of ketones is 2. The van der Waals surface area contributed by atoms with E-state index in [4.69, 9.17) is 4.74 Å². The predicted octanol–water partition coefficient (Wildman–Crippen LogP) is 5.12. The van der Waals surface area contributed by atoms with Crippen LogP contribution in [0.1, 0.15) is 67.2 Å². The van der Waals surface area contributed by atoms with Crippen LogP contribution < -0.4 is 0 Å². The van der Waals surface area contributed by atoms with Gasteiger partial charge in [0.05, 0.1) is 11.0 Å². The number of aliphatic hydroxyl groups excluding tert-OH is 1. The summed E-state index contributed by atoms with van der Waals surface area (Å²) in [6.07, 6.45) is 6.54. The molecular formula is C22H30O4. The first-order valence-electron chi connectivity index (χ1n) is 9.26. The molecule has 0 fully saturated rings. The molecule has 0 bridgehead atoms. The topological polar surface area (TPSA) is 63.6 Å². The van der Waals surface area contributed by atoms with Gasteiger partial charge in [-0.15, -0.1) is 0 Å². The first-order valence-corrected chi connectivity index (χ1v) is 9.26. The van der Waals surface area contributed by atoms with Gasteiger partial charge in [0.25, 0.3) is 0 Å². The monoisotopic (exact) mass is 358 g/mol. The maximum absolute atomic E-state index is 13.0. The zero-order valence-corrected chi connectivity index (χ0v) is 16.7. The molecule has 0 aromatic carbocycles. The Morgan fingerprint density at radius 3 is 2.54 bits per heavy atom. The van der Waals surface area contributed by atoms with Crippen LogP contribution in [0.4, 0.5) is 0 Å². The number of allylic oxidation sites excluding steroid dienone is 7. The quantitative estimate of drug-likeness (QED) is 0.693. The van der Waals surface area contributed by atoms with Crippen LogP contribution in [0.15, 0.2) is 46.0 Å². The summed E-state index contributed by atoms with van der Waals surface area (Å²) in [7, 11) is 0. The van der Waals surface area contributed by atoms with Gasteiger partial charge in [-0.05, 0) is 60.8 Å². The lowest BCUT2D eigenvalue weighted by atomic mass is 9.70. The summed E-state index contributed by atoms with van der Waals surface area (Å²) < 4.78 is 5.92. The van der Waals surface area contributed by atoms with Gasteiger partial charge in [0.15, 0.2) is 11.6 Å². The fourth-order valence-electron chi connectivity index (χ4n) is 3.50. The van der Waals surface area contributed by atoms with Crippen molar-refractivity contribution in [3.05, 3.63) is 46.0 Å². The van der Waals surface area contributed by atoms with E-state index in [0.29, 0.717) is 12.2 Å². The van der Waals surface area contributed by atoms with E-state index in [1.165, 1.54) is 11.1 Å². The molecule has 0 aromatic rings. The number of ether oxygens (including phenoxy) is 1. The van der Waals surface area contributed by atoms with Crippen molar-refractivity contribution in [2.45, 2.75) is 73.3 Å². The summed E-state index contributed by atoms with van der Waals surface area (Å²) in [4.78, 5) is 25.4. The van der Waals surface area contributed by atoms with Crippen molar-refractivity contribution in [3.63, 3.8) is 0 Å². The van der Waals surface area contributed by atoms with E-state index in [1.54, 1.807) is 6.92 Å². The number of carbonyl (C=O) groups excluding carboxylic acids is 2. The van der Waals surface area contributed by atoms with E-state index in [9.17, 15) is 14.7 Å². The lowest BCUT2D eigenvalue weighted by molar-refractivity contribution is -0.128. The van der Waals surface area contributed by atoms with Crippen LogP contribution in [-0.4, -0.2) is 22.8 Å². The molecule has 0 radical (unpaired) electrons. The summed E-state index contributed by atoms with van der Waals surface area (Å²) in [6, 6.07) is 0. The zero-order chi connectivity index (χ0) is 19.6. The number of carbonyl (C=O) groups is 2. The van der Waals surface area contributed by atoms with Gasteiger partial charge in [-0.2, -0.15) is 0 Å². The van der Waals surface area contributed by atoms with Crippen LogP contribution in [0.3, 0.4) is 0 Å². The van der Waals surface area contributed by atoms with Crippen LogP contribution in [-0.2, 0) is 14.3 Å². The second-order valence-corrected chi connectivity index (χ2v) is 7.97. The average Bonchev–Trinajstić information content (AvgIpc) is 2.55. The molecule has 1 aliphatic heterocycles. The van der Waals surface area contributed by atoms with Crippen molar-refractivity contribution in [1.82, 2.24) is 0 Å². The van der Waals surface area contributed by atoms with Crippen LogP contribution in [0, 0.1) is 5.41 Å². The summed E-state index contributed by atoms with van der Waals surface area (Å²) in [5.74, 6) is -0.214. The molecule has 0 amide bonds. The molecule has 2 rings (SSSR count). The molecule has 0 aromatic heterocycles. The lowest BCUT2D eigenvalue weighted by Gasteiger charge is -2.39. The summed E-state index contributed by atoms with van der Waals surface area (Å²) in [6.45, 7) is 11.4. The molecule has 0 spiro atoms. The van der Waals surface area contributed by atoms with Gasteiger partial charge in [-0.25, -0.2) is 0 Å². The minimum atomic E-state index is -0.951. The van der Waals surface area contributed by atoms with E-state index in [0.717, 1.165) is 12.8 Å². The van der Waals surface area contributed by atoms with Crippen LogP contribution in [0.2, 0.25) is 0 Å². The van der Waals surface area contributed by atoms with E-state index < -0.39 is 5.41 Å². The third-order valence-electron chi connectivity index (χ3n) is 5.18. The fraction of sp³-hybridized carbons (Fsp3) is 0.545. The molecule has 1 aliphatic carbocycles. The normalized spacial score (nSPS) is 26.7. The van der Waals surface area contributed by atoms with Crippen LogP contribution in [0.25, 0.3) is 0 Å². The molecule has 0 saturated heterocycles. The Kier molecular flexibility index (Phi) is 5.94. The van der Waals surface area contributed by atoms with Crippen molar-refractivity contribution < 1.29 is 19.4 Å². The Morgan fingerprint density at radius 2 is 1.92 bits per heavy atom. The highest BCUT2D eigenvalue weighted by Crippen LogP contribution is 2.46. The Hall–Kier alpha value is -2.10. The number of hydrogen-bond donors (Lipinski definition) is 1. The van der Waals surface area contributed by atoms with Crippen LogP contribution >= 0.6 is 0 Å². The smallest absolute Gasteiger partial charge is 0.176 e. The summed E-state index contributed by atoms with van der Waals surface area (Å²) >= 11 is 0. The maximum atomic E-state index is 13.0. The minimum Gasteiger partial charge on any atom is -0.507 e. The Bertz CT molecular complexity index is 744. The molecule has 2 atom stereocenters. The highest BCUT2D eigenvalue weighted by atomic mass is 16.5. The molecule has 142 valence electrons. The van der Waals surface area contributed by atoms with E-state index in [-0.39, 0.29) is 41.0 Å². The van der Waals surface area contributed by atoms with Crippen molar-refractivity contribution in [2.24, 2.45) is 5.41 Å². The number of Topliss-reactive ketones (excluding diaryl/α,β-unsaturated/α-hetero) is 2. The standard InChI is InChI=1S/C22H30O4/c1-13(2)8-7-9-14(3)10-11-22(6)20(25)16(5)19(24)18-17(23)12-15(4)26-21(18)22/h8,10,15,24H,7,9,11-12H2,1-6H3/b14-10+/t15-,22+/m1/s1. The van der Waals surface area contributed by atoms with Crippen molar-refractivity contribution in [3.8, 4) is 0 Å². The molecule has 2 aliphatic rings. The van der Waals surface area contributed by atoms with E-state index >= 15 is 0 Å². The SMILES string of the molecule is CC(C)=CCC/C(C)=C/C[C@@]1(C)C(=O)C(C)=C(O)C2=C1O[C@H](C)CC2=O. The van der Waals surface area contributed by atoms with Crippen molar-refractivity contribution >= 4 is 11.6 Å². The molecular weight excluding hydrogens is 328 g/mol. The molecule has 1 N–H and O–H groups in total. The molecule has 0 unspecified atom stereocenters. The summed E-state index contributed by atoms with van der Waals surface area (Å²) in [5, 5.41) is 10.4. The Labute approximate surface area is 156 Å². The van der Waals surface area contributed by atoms with Gasteiger partial charge in [0.1, 0.15) is 17.6 Å². The highest BCUT2D eigenvalue weighted by molar-refractivity contribution is 6.10. The number of rotatable bonds is 5. The predicted molar refractivity (Wildman–Crippen MR) is 103 cm³/mol. The lowest BCUT2D eigenvalue weighted by Crippen LogP contribution is -2.41.